The number of hydrogen-bond acceptors (Lipinski definition) is 4. The van der Waals surface area contributed by atoms with Crippen LogP contribution in [0.25, 0.3) is 0 Å². The largest absolute Gasteiger partial charge is 0.450 e. The van der Waals surface area contributed by atoms with Gasteiger partial charge >= 0.3 is 5.97 Å². The summed E-state index contributed by atoms with van der Waals surface area (Å²) < 4.78 is 5.04. The Hall–Kier alpha value is -1.59. The Bertz CT molecular complexity index is 315. The molecular formula is C12H20N2O4. The minimum atomic E-state index is -0.951. The fraction of sp³-hybridized carbons (Fsp3) is 0.750. The highest BCUT2D eigenvalue weighted by atomic mass is 16.5. The fourth-order valence-corrected chi connectivity index (χ4v) is 1.73. The smallest absolute Gasteiger partial charge is 0.303 e. The molecular weight excluding hydrogens is 236 g/mol. The number of ether oxygens (including phenoxy) is 1. The van der Waals surface area contributed by atoms with Crippen LogP contribution in [-0.4, -0.2) is 36.5 Å². The number of esters is 1. The van der Waals surface area contributed by atoms with E-state index >= 15 is 0 Å². The SMILES string of the molecule is CCCC(NC=O)[C@H](OC(C)=O)C(=O)NC1CC1. The van der Waals surface area contributed by atoms with Crippen LogP contribution in [0.15, 0.2) is 0 Å². The van der Waals surface area contributed by atoms with Crippen molar-refractivity contribution in [3.8, 4) is 0 Å². The zero-order chi connectivity index (χ0) is 13.5. The van der Waals surface area contributed by atoms with E-state index in [1.54, 1.807) is 0 Å². The maximum absolute atomic E-state index is 12.0. The Morgan fingerprint density at radius 3 is 2.56 bits per heavy atom. The molecule has 0 aromatic rings. The van der Waals surface area contributed by atoms with E-state index in [4.69, 9.17) is 4.74 Å². The van der Waals surface area contributed by atoms with Crippen LogP contribution >= 0.6 is 0 Å². The number of carbonyl (C=O) groups is 3. The zero-order valence-electron chi connectivity index (χ0n) is 10.8. The lowest BCUT2D eigenvalue weighted by molar-refractivity contribution is -0.156. The quantitative estimate of drug-likeness (QED) is 0.477. The van der Waals surface area contributed by atoms with Crippen molar-refractivity contribution in [3.63, 3.8) is 0 Å². The van der Waals surface area contributed by atoms with Gasteiger partial charge in [0.2, 0.25) is 6.41 Å². The molecule has 1 unspecified atom stereocenters. The van der Waals surface area contributed by atoms with Gasteiger partial charge in [-0.2, -0.15) is 0 Å². The molecule has 0 bridgehead atoms. The fourth-order valence-electron chi connectivity index (χ4n) is 1.73. The first-order valence-electron chi connectivity index (χ1n) is 6.25. The Labute approximate surface area is 106 Å². The van der Waals surface area contributed by atoms with Crippen LogP contribution < -0.4 is 10.6 Å². The monoisotopic (exact) mass is 256 g/mol. The Kier molecular flexibility index (Phi) is 5.61. The van der Waals surface area contributed by atoms with E-state index in [2.05, 4.69) is 10.6 Å². The molecule has 0 heterocycles. The van der Waals surface area contributed by atoms with Crippen molar-refractivity contribution in [2.75, 3.05) is 0 Å². The normalized spacial score (nSPS) is 17.4. The average Bonchev–Trinajstić information content (AvgIpc) is 3.09. The molecule has 2 N–H and O–H groups in total. The molecule has 2 amide bonds. The van der Waals surface area contributed by atoms with Gasteiger partial charge < -0.3 is 15.4 Å². The molecule has 0 saturated heterocycles. The molecule has 1 aliphatic carbocycles. The van der Waals surface area contributed by atoms with Crippen LogP contribution in [0.5, 0.6) is 0 Å². The summed E-state index contributed by atoms with van der Waals surface area (Å²) in [5, 5.41) is 5.33. The Morgan fingerprint density at radius 1 is 1.44 bits per heavy atom. The zero-order valence-corrected chi connectivity index (χ0v) is 10.8. The van der Waals surface area contributed by atoms with E-state index in [1.165, 1.54) is 6.92 Å². The molecule has 102 valence electrons. The molecule has 0 aromatic carbocycles. The molecule has 1 fully saturated rings. The summed E-state index contributed by atoms with van der Waals surface area (Å²) in [6.07, 6.45) is 2.85. The highest BCUT2D eigenvalue weighted by molar-refractivity contribution is 5.84. The molecule has 6 heteroatoms. The van der Waals surface area contributed by atoms with Gasteiger partial charge in [-0.15, -0.1) is 0 Å². The van der Waals surface area contributed by atoms with Crippen molar-refractivity contribution >= 4 is 18.3 Å². The average molecular weight is 256 g/mol. The highest BCUT2D eigenvalue weighted by Crippen LogP contribution is 2.19. The predicted molar refractivity (Wildman–Crippen MR) is 64.6 cm³/mol. The van der Waals surface area contributed by atoms with Gasteiger partial charge in [-0.1, -0.05) is 13.3 Å². The van der Waals surface area contributed by atoms with E-state index in [1.807, 2.05) is 6.92 Å². The minimum absolute atomic E-state index is 0.189. The Morgan fingerprint density at radius 2 is 2.11 bits per heavy atom. The van der Waals surface area contributed by atoms with Crippen LogP contribution in [0.2, 0.25) is 0 Å². The molecule has 1 aliphatic rings. The van der Waals surface area contributed by atoms with E-state index in [-0.39, 0.29) is 11.9 Å². The van der Waals surface area contributed by atoms with Gasteiger partial charge in [0.25, 0.3) is 5.91 Å². The van der Waals surface area contributed by atoms with Crippen molar-refractivity contribution < 1.29 is 19.1 Å². The summed E-state index contributed by atoms with van der Waals surface area (Å²) >= 11 is 0. The summed E-state index contributed by atoms with van der Waals surface area (Å²) in [5.41, 5.74) is 0. The predicted octanol–water partition coefficient (Wildman–Crippen LogP) is 0.111. The third-order valence-corrected chi connectivity index (χ3v) is 2.72. The molecule has 0 radical (unpaired) electrons. The van der Waals surface area contributed by atoms with Gasteiger partial charge in [0.05, 0.1) is 6.04 Å². The number of rotatable bonds is 8. The van der Waals surface area contributed by atoms with E-state index in [0.717, 1.165) is 19.3 Å². The highest BCUT2D eigenvalue weighted by Gasteiger charge is 2.34. The van der Waals surface area contributed by atoms with Crippen molar-refractivity contribution in [1.29, 1.82) is 0 Å². The van der Waals surface area contributed by atoms with Crippen LogP contribution in [0.4, 0.5) is 0 Å². The lowest BCUT2D eigenvalue weighted by atomic mass is 10.1. The summed E-state index contributed by atoms with van der Waals surface area (Å²) in [7, 11) is 0. The first-order valence-corrected chi connectivity index (χ1v) is 6.25. The van der Waals surface area contributed by atoms with Crippen molar-refractivity contribution in [2.24, 2.45) is 0 Å². The van der Waals surface area contributed by atoms with Gasteiger partial charge in [0, 0.05) is 13.0 Å². The third-order valence-electron chi connectivity index (χ3n) is 2.72. The number of nitrogens with one attached hydrogen (secondary N) is 2. The van der Waals surface area contributed by atoms with E-state index < -0.39 is 18.1 Å². The van der Waals surface area contributed by atoms with Gasteiger partial charge in [0.15, 0.2) is 6.10 Å². The summed E-state index contributed by atoms with van der Waals surface area (Å²) in [4.78, 5) is 33.6. The summed E-state index contributed by atoms with van der Waals surface area (Å²) in [5.74, 6) is -0.861. The lowest BCUT2D eigenvalue weighted by Gasteiger charge is -2.25. The standard InChI is InChI=1S/C12H20N2O4/c1-3-4-10(13-7-15)11(18-8(2)16)12(17)14-9-5-6-9/h7,9-11H,3-6H2,1-2H3,(H,13,15)(H,14,17)/t10?,11-/m0/s1. The van der Waals surface area contributed by atoms with Crippen molar-refractivity contribution in [2.45, 2.75) is 57.7 Å². The maximum atomic E-state index is 12.0. The molecule has 0 aromatic heterocycles. The summed E-state index contributed by atoms with van der Waals surface area (Å²) in [6, 6.07) is -0.288. The Balaban J connectivity index is 2.67. The van der Waals surface area contributed by atoms with Crippen molar-refractivity contribution in [3.05, 3.63) is 0 Å². The molecule has 1 saturated carbocycles. The second kappa shape index (κ2) is 6.98. The number of amides is 2. The van der Waals surface area contributed by atoms with Gasteiger partial charge in [-0.05, 0) is 19.3 Å². The topological polar surface area (TPSA) is 84.5 Å². The van der Waals surface area contributed by atoms with Gasteiger partial charge in [0.1, 0.15) is 0 Å². The van der Waals surface area contributed by atoms with Crippen LogP contribution in [0.3, 0.4) is 0 Å². The molecule has 18 heavy (non-hydrogen) atoms. The summed E-state index contributed by atoms with van der Waals surface area (Å²) in [6.45, 7) is 3.18. The number of carbonyl (C=O) groups excluding carboxylic acids is 3. The van der Waals surface area contributed by atoms with Crippen molar-refractivity contribution in [1.82, 2.24) is 10.6 Å². The second-order valence-electron chi connectivity index (χ2n) is 4.49. The van der Waals surface area contributed by atoms with Gasteiger partial charge in [-0.3, -0.25) is 14.4 Å². The third kappa shape index (κ3) is 4.73. The second-order valence-corrected chi connectivity index (χ2v) is 4.49. The maximum Gasteiger partial charge on any atom is 0.303 e. The molecule has 1 rings (SSSR count). The molecule has 0 aliphatic heterocycles. The minimum Gasteiger partial charge on any atom is -0.450 e. The molecule has 6 nitrogen and oxygen atoms in total. The molecule has 0 spiro atoms. The number of hydrogen-bond donors (Lipinski definition) is 2. The first kappa shape index (κ1) is 14.5. The van der Waals surface area contributed by atoms with Crippen LogP contribution in [0.1, 0.15) is 39.5 Å². The van der Waals surface area contributed by atoms with Crippen LogP contribution in [-0.2, 0) is 19.1 Å². The lowest BCUT2D eigenvalue weighted by Crippen LogP contribution is -2.51. The van der Waals surface area contributed by atoms with Crippen LogP contribution in [0, 0.1) is 0 Å². The van der Waals surface area contributed by atoms with E-state index in [0.29, 0.717) is 12.8 Å². The first-order chi connectivity index (χ1) is 8.58. The molecule has 2 atom stereocenters. The van der Waals surface area contributed by atoms with E-state index in [9.17, 15) is 14.4 Å². The van der Waals surface area contributed by atoms with Gasteiger partial charge in [-0.25, -0.2) is 0 Å².